The van der Waals surface area contributed by atoms with Gasteiger partial charge in [-0.25, -0.2) is 0 Å². The zero-order valence-corrected chi connectivity index (χ0v) is 10.2. The van der Waals surface area contributed by atoms with Crippen molar-refractivity contribution in [3.8, 4) is 0 Å². The fourth-order valence-electron chi connectivity index (χ4n) is 2.19. The highest BCUT2D eigenvalue weighted by Gasteiger charge is 2.54. The Hall–Kier alpha value is -1.49. The molecule has 0 aromatic heterocycles. The van der Waals surface area contributed by atoms with Crippen LogP contribution < -0.4 is 0 Å². The molecule has 3 rings (SSSR count). The molecule has 4 nitrogen and oxygen atoms in total. The van der Waals surface area contributed by atoms with Gasteiger partial charge in [0.15, 0.2) is 10.7 Å². The molecule has 0 radical (unpaired) electrons. The molecule has 0 saturated carbocycles. The lowest BCUT2D eigenvalue weighted by Gasteiger charge is -2.29. The maximum Gasteiger partial charge on any atom is 0.257 e. The second-order valence-corrected chi connectivity index (χ2v) is 5.41. The van der Waals surface area contributed by atoms with Gasteiger partial charge in [-0.05, 0) is 5.56 Å². The number of hydrogen-bond donors (Lipinski definition) is 0. The molecule has 0 spiro atoms. The van der Waals surface area contributed by atoms with Crippen molar-refractivity contribution in [2.75, 3.05) is 7.05 Å². The number of fused-ring (bicyclic) bond motifs is 2. The van der Waals surface area contributed by atoms with Crippen molar-refractivity contribution in [1.29, 1.82) is 0 Å². The van der Waals surface area contributed by atoms with E-state index >= 15 is 0 Å². The van der Waals surface area contributed by atoms with Crippen LogP contribution in [-0.2, 0) is 16.1 Å². The predicted molar refractivity (Wildman–Crippen MR) is 64.9 cm³/mol. The molecule has 5 heteroatoms. The number of thioether (sulfide) groups is 1. The summed E-state index contributed by atoms with van der Waals surface area (Å²) in [6, 6.07) is 9.76. The number of likely N-dealkylation sites (N-methyl/N-ethyl adjacent to an activating group) is 1. The van der Waals surface area contributed by atoms with E-state index in [-0.39, 0.29) is 22.6 Å². The van der Waals surface area contributed by atoms with E-state index < -0.39 is 0 Å². The predicted octanol–water partition coefficient (Wildman–Crippen LogP) is 0.886. The van der Waals surface area contributed by atoms with Crippen LogP contribution in [0.25, 0.3) is 0 Å². The lowest BCUT2D eigenvalue weighted by Crippen LogP contribution is -2.51. The molecule has 0 N–H and O–H groups in total. The van der Waals surface area contributed by atoms with Gasteiger partial charge >= 0.3 is 0 Å². The molecule has 2 unspecified atom stereocenters. The van der Waals surface area contributed by atoms with Gasteiger partial charge in [0.1, 0.15) is 0 Å². The van der Waals surface area contributed by atoms with E-state index in [1.54, 1.807) is 16.8 Å². The van der Waals surface area contributed by atoms with E-state index in [4.69, 9.17) is 0 Å². The Bertz CT molecular complexity index is 477. The van der Waals surface area contributed by atoms with Crippen molar-refractivity contribution < 1.29 is 9.59 Å². The zero-order valence-electron chi connectivity index (χ0n) is 9.37. The maximum absolute atomic E-state index is 12.0. The van der Waals surface area contributed by atoms with Crippen molar-refractivity contribution >= 4 is 23.6 Å². The van der Waals surface area contributed by atoms with Crippen molar-refractivity contribution in [1.82, 2.24) is 9.80 Å². The van der Waals surface area contributed by atoms with Gasteiger partial charge in [-0.2, -0.15) is 0 Å². The Morgan fingerprint density at radius 1 is 1.12 bits per heavy atom. The van der Waals surface area contributed by atoms with E-state index in [1.807, 2.05) is 30.3 Å². The first-order valence-corrected chi connectivity index (χ1v) is 6.39. The first-order chi connectivity index (χ1) is 8.18. The SMILES string of the molecule is CN1C(=O)C2SC1C(=O)N2Cc1ccccc1. The van der Waals surface area contributed by atoms with Gasteiger partial charge in [0.05, 0.1) is 0 Å². The van der Waals surface area contributed by atoms with E-state index in [2.05, 4.69) is 0 Å². The Morgan fingerprint density at radius 2 is 1.82 bits per heavy atom. The number of nitrogens with zero attached hydrogens (tertiary/aromatic N) is 2. The molecule has 1 aromatic carbocycles. The van der Waals surface area contributed by atoms with E-state index in [0.29, 0.717) is 6.54 Å². The highest BCUT2D eigenvalue weighted by molar-refractivity contribution is 8.02. The molecule has 2 heterocycles. The summed E-state index contributed by atoms with van der Waals surface area (Å²) in [7, 11) is 1.69. The number of amides is 2. The minimum Gasteiger partial charge on any atom is -0.322 e. The molecule has 1 aromatic rings. The van der Waals surface area contributed by atoms with Gasteiger partial charge < -0.3 is 9.80 Å². The molecule has 17 heavy (non-hydrogen) atoms. The largest absolute Gasteiger partial charge is 0.322 e. The van der Waals surface area contributed by atoms with E-state index in [9.17, 15) is 9.59 Å². The summed E-state index contributed by atoms with van der Waals surface area (Å²) in [5, 5.41) is -0.631. The Morgan fingerprint density at radius 3 is 2.47 bits per heavy atom. The Labute approximate surface area is 104 Å². The summed E-state index contributed by atoms with van der Waals surface area (Å²) in [6.45, 7) is 0.521. The van der Waals surface area contributed by atoms with Gasteiger partial charge in [0.2, 0.25) is 0 Å². The number of benzene rings is 1. The average molecular weight is 248 g/mol. The summed E-state index contributed by atoms with van der Waals surface area (Å²) in [5.74, 6) is 0.0847. The molecular formula is C12H12N2O2S. The topological polar surface area (TPSA) is 40.6 Å². The quantitative estimate of drug-likeness (QED) is 0.780. The third-order valence-electron chi connectivity index (χ3n) is 3.14. The number of carbonyl (C=O) groups is 2. The van der Waals surface area contributed by atoms with Crippen LogP contribution >= 0.6 is 11.8 Å². The van der Waals surface area contributed by atoms with Crippen molar-refractivity contribution in [3.63, 3.8) is 0 Å². The summed E-state index contributed by atoms with van der Waals surface area (Å²) in [4.78, 5) is 27.1. The standard InChI is InChI=1S/C12H12N2O2S/c1-13-9(15)12-14(10(16)11(13)17-12)7-8-5-3-2-4-6-8/h2-6,11-12H,7H2,1H3. The van der Waals surface area contributed by atoms with Gasteiger partial charge in [-0.1, -0.05) is 42.1 Å². The second kappa shape index (κ2) is 3.77. The summed E-state index contributed by atoms with van der Waals surface area (Å²) in [6.07, 6.45) is 0. The average Bonchev–Trinajstić information content (AvgIpc) is 2.80. The minimum absolute atomic E-state index is 0.0375. The molecular weight excluding hydrogens is 236 g/mol. The monoisotopic (exact) mass is 248 g/mol. The fraction of sp³-hybridized carbons (Fsp3) is 0.333. The van der Waals surface area contributed by atoms with E-state index in [1.165, 1.54) is 11.8 Å². The number of carbonyl (C=O) groups excluding carboxylic acids is 2. The lowest BCUT2D eigenvalue weighted by molar-refractivity contribution is -0.149. The maximum atomic E-state index is 12.0. The van der Waals surface area contributed by atoms with Crippen LogP contribution in [0.5, 0.6) is 0 Å². The summed E-state index contributed by atoms with van der Waals surface area (Å²) < 4.78 is 0. The highest BCUT2D eigenvalue weighted by Crippen LogP contribution is 2.41. The van der Waals surface area contributed by atoms with E-state index in [0.717, 1.165) is 5.56 Å². The van der Waals surface area contributed by atoms with Gasteiger partial charge in [-0.3, -0.25) is 9.59 Å². The normalized spacial score (nSPS) is 27.1. The molecule has 88 valence electrons. The van der Waals surface area contributed by atoms with Crippen LogP contribution in [0, 0.1) is 0 Å². The lowest BCUT2D eigenvalue weighted by atomic mass is 10.2. The molecule has 2 bridgehead atoms. The summed E-state index contributed by atoms with van der Waals surface area (Å²) >= 11 is 1.44. The number of piperazine rings is 1. The molecule has 2 atom stereocenters. The highest BCUT2D eigenvalue weighted by atomic mass is 32.2. The molecule has 2 aliphatic heterocycles. The minimum atomic E-state index is -0.322. The van der Waals surface area contributed by atoms with Gasteiger partial charge in [0.25, 0.3) is 11.8 Å². The molecule has 0 aliphatic carbocycles. The first-order valence-electron chi connectivity index (χ1n) is 5.45. The van der Waals surface area contributed by atoms with Gasteiger partial charge in [0, 0.05) is 13.6 Å². The van der Waals surface area contributed by atoms with Crippen molar-refractivity contribution in [2.24, 2.45) is 0 Å². The summed E-state index contributed by atoms with van der Waals surface area (Å²) in [5.41, 5.74) is 1.06. The molecule has 2 fully saturated rings. The number of hydrogen-bond acceptors (Lipinski definition) is 3. The molecule has 2 amide bonds. The fourth-order valence-corrected chi connectivity index (χ4v) is 3.58. The third-order valence-corrected chi connectivity index (χ3v) is 4.63. The smallest absolute Gasteiger partial charge is 0.257 e. The van der Waals surface area contributed by atoms with Crippen molar-refractivity contribution in [3.05, 3.63) is 35.9 Å². The van der Waals surface area contributed by atoms with Crippen LogP contribution in [0.1, 0.15) is 5.56 Å². The van der Waals surface area contributed by atoms with Crippen LogP contribution in [0.3, 0.4) is 0 Å². The van der Waals surface area contributed by atoms with Crippen LogP contribution in [0.15, 0.2) is 30.3 Å². The zero-order chi connectivity index (χ0) is 12.0. The third kappa shape index (κ3) is 1.53. The Balaban J connectivity index is 1.82. The van der Waals surface area contributed by atoms with Crippen molar-refractivity contribution in [2.45, 2.75) is 17.3 Å². The number of rotatable bonds is 2. The molecule has 2 saturated heterocycles. The Kier molecular flexibility index (Phi) is 2.36. The van der Waals surface area contributed by atoms with Crippen LogP contribution in [0.4, 0.5) is 0 Å². The first kappa shape index (κ1) is 10.7. The van der Waals surface area contributed by atoms with Crippen LogP contribution in [-0.4, -0.2) is 39.4 Å². The van der Waals surface area contributed by atoms with Gasteiger partial charge in [-0.15, -0.1) is 0 Å². The molecule has 2 aliphatic rings. The second-order valence-electron chi connectivity index (χ2n) is 4.24. The van der Waals surface area contributed by atoms with Crippen LogP contribution in [0.2, 0.25) is 0 Å².